The molecule has 4 rings (SSSR count). The van der Waals surface area contributed by atoms with Gasteiger partial charge in [0.25, 0.3) is 5.69 Å². The number of rotatable bonds is 6. The number of hydrogen-bond donors (Lipinski definition) is 0. The third-order valence-electron chi connectivity index (χ3n) is 5.30. The molecule has 0 bridgehead atoms. The van der Waals surface area contributed by atoms with Crippen molar-refractivity contribution in [3.63, 3.8) is 0 Å². The number of nitrogens with zero attached hydrogens (tertiary/aromatic N) is 4. The molecule has 0 unspecified atom stereocenters. The summed E-state index contributed by atoms with van der Waals surface area (Å²) in [5.41, 5.74) is 2.46. The van der Waals surface area contributed by atoms with Crippen LogP contribution in [0, 0.1) is 10.1 Å². The molecule has 1 saturated heterocycles. The highest BCUT2D eigenvalue weighted by Crippen LogP contribution is 2.26. The van der Waals surface area contributed by atoms with E-state index in [1.165, 1.54) is 27.8 Å². The van der Waals surface area contributed by atoms with E-state index in [0.717, 1.165) is 16.1 Å². The summed E-state index contributed by atoms with van der Waals surface area (Å²) >= 11 is 1.46. The molecule has 1 aromatic heterocycles. The molecule has 1 aliphatic rings. The van der Waals surface area contributed by atoms with Crippen LogP contribution in [-0.4, -0.2) is 48.5 Å². The van der Waals surface area contributed by atoms with E-state index in [4.69, 9.17) is 9.73 Å². The summed E-state index contributed by atoms with van der Waals surface area (Å²) in [7, 11) is -3.55. The Bertz CT molecular complexity index is 1300. The third-order valence-corrected chi connectivity index (χ3v) is 8.05. The first-order valence-corrected chi connectivity index (χ1v) is 12.8. The highest BCUT2D eigenvalue weighted by molar-refractivity contribution is 7.89. The van der Waals surface area contributed by atoms with E-state index < -0.39 is 14.9 Å². The molecule has 0 N–H and O–H groups in total. The Balaban J connectivity index is 1.66. The number of non-ortho nitro benzene ring substituents is 1. The van der Waals surface area contributed by atoms with Gasteiger partial charge in [-0.05, 0) is 55.8 Å². The van der Waals surface area contributed by atoms with Gasteiger partial charge in [-0.1, -0.05) is 0 Å². The summed E-state index contributed by atoms with van der Waals surface area (Å²) in [5.74, 6) is 0. The molecular weight excluding hydrogens is 464 g/mol. The minimum Gasteiger partial charge on any atom is -0.379 e. The standard InChI is InChI=1S/C22H24N4O5S2/c1-16(2)25-21(17-3-7-19(8-4-17)26(27)28)15-32-22(25)23-18-5-9-20(10-6-18)33(29,30)24-11-13-31-14-12-24/h3-10,15-16H,11-14H2,1-2H3. The molecule has 1 fully saturated rings. The second-order valence-corrected chi connectivity index (χ2v) is 10.6. The highest BCUT2D eigenvalue weighted by Gasteiger charge is 2.26. The molecular formula is C22H24N4O5S2. The Morgan fingerprint density at radius 3 is 2.27 bits per heavy atom. The van der Waals surface area contributed by atoms with Gasteiger partial charge in [0.1, 0.15) is 0 Å². The SMILES string of the molecule is CC(C)n1c(-c2ccc([N+](=O)[O-])cc2)csc1=Nc1ccc(S(=O)(=O)N2CCOCC2)cc1. The predicted octanol–water partition coefficient (Wildman–Crippen LogP) is 3.96. The topological polar surface area (TPSA) is 107 Å². The quantitative estimate of drug-likeness (QED) is 0.386. The fourth-order valence-electron chi connectivity index (χ4n) is 3.60. The molecule has 0 amide bonds. The molecule has 1 aliphatic heterocycles. The van der Waals surface area contributed by atoms with Gasteiger partial charge in [-0.25, -0.2) is 13.4 Å². The Morgan fingerprint density at radius 2 is 1.70 bits per heavy atom. The summed E-state index contributed by atoms with van der Waals surface area (Å²) in [5, 5.41) is 12.9. The molecule has 0 saturated carbocycles. The fraction of sp³-hybridized carbons (Fsp3) is 0.318. The highest BCUT2D eigenvalue weighted by atomic mass is 32.2. The Hall–Kier alpha value is -2.86. The average Bonchev–Trinajstić information content (AvgIpc) is 3.24. The van der Waals surface area contributed by atoms with Crippen molar-refractivity contribution in [2.75, 3.05) is 26.3 Å². The van der Waals surface area contributed by atoms with Crippen molar-refractivity contribution in [1.82, 2.24) is 8.87 Å². The zero-order valence-electron chi connectivity index (χ0n) is 18.2. The molecule has 0 atom stereocenters. The van der Waals surface area contributed by atoms with Gasteiger partial charge in [0.2, 0.25) is 10.0 Å². The van der Waals surface area contributed by atoms with Crippen molar-refractivity contribution in [3.8, 4) is 11.3 Å². The van der Waals surface area contributed by atoms with Crippen molar-refractivity contribution < 1.29 is 18.1 Å². The average molecular weight is 489 g/mol. The van der Waals surface area contributed by atoms with Crippen molar-refractivity contribution in [3.05, 3.63) is 68.8 Å². The lowest BCUT2D eigenvalue weighted by molar-refractivity contribution is -0.384. The number of aromatic nitrogens is 1. The summed E-state index contributed by atoms with van der Waals surface area (Å²) in [6.07, 6.45) is 0. The minimum atomic E-state index is -3.55. The van der Waals surface area contributed by atoms with Gasteiger partial charge in [-0.3, -0.25) is 10.1 Å². The number of ether oxygens (including phenoxy) is 1. The van der Waals surface area contributed by atoms with Crippen molar-refractivity contribution >= 4 is 32.7 Å². The number of sulfonamides is 1. The lowest BCUT2D eigenvalue weighted by atomic mass is 10.1. The lowest BCUT2D eigenvalue weighted by Crippen LogP contribution is -2.40. The van der Waals surface area contributed by atoms with Crippen LogP contribution in [0.5, 0.6) is 0 Å². The van der Waals surface area contributed by atoms with Gasteiger partial charge in [0.15, 0.2) is 4.80 Å². The predicted molar refractivity (Wildman–Crippen MR) is 126 cm³/mol. The first-order chi connectivity index (χ1) is 15.8. The number of thiazole rings is 1. The number of benzene rings is 2. The van der Waals surface area contributed by atoms with Crippen molar-refractivity contribution in [1.29, 1.82) is 0 Å². The van der Waals surface area contributed by atoms with Crippen LogP contribution in [0.15, 0.2) is 63.8 Å². The lowest BCUT2D eigenvalue weighted by Gasteiger charge is -2.26. The molecule has 3 aromatic rings. The Kier molecular flexibility index (Phi) is 6.75. The minimum absolute atomic E-state index is 0.0436. The summed E-state index contributed by atoms with van der Waals surface area (Å²) in [4.78, 5) is 16.3. The molecule has 33 heavy (non-hydrogen) atoms. The molecule has 2 heterocycles. The molecule has 9 nitrogen and oxygen atoms in total. The van der Waals surface area contributed by atoms with Crippen molar-refractivity contribution in [2.45, 2.75) is 24.8 Å². The van der Waals surface area contributed by atoms with E-state index in [0.29, 0.717) is 32.0 Å². The zero-order chi connectivity index (χ0) is 23.6. The maximum atomic E-state index is 12.8. The first-order valence-electron chi connectivity index (χ1n) is 10.4. The Labute approximate surface area is 195 Å². The van der Waals surface area contributed by atoms with E-state index in [9.17, 15) is 18.5 Å². The molecule has 0 spiro atoms. The van der Waals surface area contributed by atoms with Crippen LogP contribution in [-0.2, 0) is 14.8 Å². The van der Waals surface area contributed by atoms with Gasteiger partial charge in [-0.15, -0.1) is 11.3 Å². The van der Waals surface area contributed by atoms with Crippen LogP contribution < -0.4 is 4.80 Å². The summed E-state index contributed by atoms with van der Waals surface area (Å²) in [6.45, 7) is 5.58. The van der Waals surface area contributed by atoms with E-state index in [-0.39, 0.29) is 16.6 Å². The van der Waals surface area contributed by atoms with Crippen LogP contribution in [0.1, 0.15) is 19.9 Å². The molecule has 0 radical (unpaired) electrons. The summed E-state index contributed by atoms with van der Waals surface area (Å²) < 4.78 is 34.4. The third kappa shape index (κ3) is 4.91. The van der Waals surface area contributed by atoms with Crippen LogP contribution in [0.4, 0.5) is 11.4 Å². The van der Waals surface area contributed by atoms with Crippen molar-refractivity contribution in [2.24, 2.45) is 4.99 Å². The van der Waals surface area contributed by atoms with Gasteiger partial charge in [-0.2, -0.15) is 4.31 Å². The number of nitro benzene ring substituents is 1. The van der Waals surface area contributed by atoms with Gasteiger partial charge >= 0.3 is 0 Å². The molecule has 0 aliphatic carbocycles. The maximum Gasteiger partial charge on any atom is 0.269 e. The Morgan fingerprint density at radius 1 is 1.06 bits per heavy atom. The largest absolute Gasteiger partial charge is 0.379 e. The molecule has 11 heteroatoms. The van der Waals surface area contributed by atoms with E-state index in [1.54, 1.807) is 36.4 Å². The van der Waals surface area contributed by atoms with Gasteiger partial charge in [0, 0.05) is 36.6 Å². The van der Waals surface area contributed by atoms with Gasteiger partial charge < -0.3 is 9.30 Å². The van der Waals surface area contributed by atoms with E-state index in [2.05, 4.69) is 4.57 Å². The fourth-order valence-corrected chi connectivity index (χ4v) is 6.06. The van der Waals surface area contributed by atoms with Crippen LogP contribution in [0.2, 0.25) is 0 Å². The van der Waals surface area contributed by atoms with E-state index in [1.807, 2.05) is 19.2 Å². The number of morpholine rings is 1. The van der Waals surface area contributed by atoms with Crippen LogP contribution >= 0.6 is 11.3 Å². The summed E-state index contributed by atoms with van der Waals surface area (Å²) in [6, 6.07) is 13.1. The van der Waals surface area contributed by atoms with Gasteiger partial charge in [0.05, 0.1) is 34.4 Å². The normalized spacial score (nSPS) is 15.8. The maximum absolute atomic E-state index is 12.8. The monoisotopic (exact) mass is 488 g/mol. The molecule has 2 aromatic carbocycles. The smallest absolute Gasteiger partial charge is 0.269 e. The van der Waals surface area contributed by atoms with Crippen LogP contribution in [0.3, 0.4) is 0 Å². The number of hydrogen-bond acceptors (Lipinski definition) is 7. The zero-order valence-corrected chi connectivity index (χ0v) is 19.9. The first kappa shape index (κ1) is 23.3. The van der Waals surface area contributed by atoms with E-state index >= 15 is 0 Å². The number of nitro groups is 1. The molecule has 174 valence electrons. The second kappa shape index (κ2) is 9.56. The second-order valence-electron chi connectivity index (χ2n) is 7.79. The van der Waals surface area contributed by atoms with Crippen LogP contribution in [0.25, 0.3) is 11.3 Å².